The fraction of sp³-hybridized carbons (Fsp3) is 0.417. The summed E-state index contributed by atoms with van der Waals surface area (Å²) in [7, 11) is 0. The van der Waals surface area contributed by atoms with Crippen molar-refractivity contribution in [3.63, 3.8) is 0 Å². The van der Waals surface area contributed by atoms with Gasteiger partial charge in [-0.3, -0.25) is 0 Å². The topological polar surface area (TPSA) is 56.7 Å². The van der Waals surface area contributed by atoms with Gasteiger partial charge in [-0.2, -0.15) is 0 Å². The van der Waals surface area contributed by atoms with Crippen molar-refractivity contribution in [1.29, 1.82) is 0 Å². The minimum absolute atomic E-state index is 0.0485. The first-order valence-electron chi connectivity index (χ1n) is 5.50. The van der Waals surface area contributed by atoms with Crippen molar-refractivity contribution in [2.24, 2.45) is 0 Å². The van der Waals surface area contributed by atoms with Crippen LogP contribution >= 0.6 is 35.0 Å². The lowest BCUT2D eigenvalue weighted by atomic mass is 10.0. The maximum atomic E-state index is 11.1. The highest BCUT2D eigenvalue weighted by atomic mass is 35.5. The molecule has 2 N–H and O–H groups in total. The molecule has 98 valence electrons. The highest BCUT2D eigenvalue weighted by Gasteiger charge is 2.46. The Balaban J connectivity index is 2.29. The summed E-state index contributed by atoms with van der Waals surface area (Å²) in [5.74, 6) is -1.04. The third kappa shape index (κ3) is 2.62. The molecule has 0 spiro atoms. The van der Waals surface area contributed by atoms with Crippen LogP contribution in [0.5, 0.6) is 0 Å². The molecule has 1 aromatic carbocycles. The number of carboxylic acid groups (broad SMARTS) is 1. The summed E-state index contributed by atoms with van der Waals surface area (Å²) in [6, 6.07) is 4.69. The molecule has 3 nitrogen and oxygen atoms in total. The van der Waals surface area contributed by atoms with Crippen LogP contribution in [0.15, 0.2) is 18.2 Å². The van der Waals surface area contributed by atoms with Gasteiger partial charge in [0.05, 0.1) is 9.77 Å². The average molecular weight is 306 g/mol. The summed E-state index contributed by atoms with van der Waals surface area (Å²) < 4.78 is -0.396. The molecule has 1 saturated heterocycles. The van der Waals surface area contributed by atoms with Gasteiger partial charge in [-0.25, -0.2) is 0 Å². The van der Waals surface area contributed by atoms with Gasteiger partial charge in [-0.05, 0) is 32.0 Å². The van der Waals surface area contributed by atoms with Gasteiger partial charge in [-0.15, -0.1) is 0 Å². The van der Waals surface area contributed by atoms with Gasteiger partial charge in [0, 0.05) is 10.6 Å². The van der Waals surface area contributed by atoms with Crippen molar-refractivity contribution < 1.29 is 15.2 Å². The lowest BCUT2D eigenvalue weighted by Gasteiger charge is -2.21. The van der Waals surface area contributed by atoms with E-state index in [-0.39, 0.29) is 5.37 Å². The second kappa shape index (κ2) is 4.93. The number of halogens is 2. The van der Waals surface area contributed by atoms with Crippen molar-refractivity contribution in [2.75, 3.05) is 0 Å². The average Bonchev–Trinajstić information content (AvgIpc) is 2.54. The zero-order chi connectivity index (χ0) is 13.5. The minimum Gasteiger partial charge on any atom is -0.544 e. The van der Waals surface area contributed by atoms with Crippen molar-refractivity contribution in [3.05, 3.63) is 33.8 Å². The van der Waals surface area contributed by atoms with Gasteiger partial charge in [0.15, 0.2) is 5.37 Å². The maximum absolute atomic E-state index is 11.1. The molecule has 0 aromatic heterocycles. The first-order valence-corrected chi connectivity index (χ1v) is 7.13. The molecule has 2 rings (SSSR count). The Morgan fingerprint density at radius 1 is 1.44 bits per heavy atom. The zero-order valence-corrected chi connectivity index (χ0v) is 12.3. The Morgan fingerprint density at radius 3 is 2.61 bits per heavy atom. The van der Waals surface area contributed by atoms with Gasteiger partial charge >= 0.3 is 0 Å². The molecular weight excluding hydrogens is 293 g/mol. The zero-order valence-electron chi connectivity index (χ0n) is 9.94. The van der Waals surface area contributed by atoms with Crippen LogP contribution in [0.1, 0.15) is 24.8 Å². The van der Waals surface area contributed by atoms with E-state index in [1.165, 1.54) is 0 Å². The molecular formula is C12H13Cl2NO2S. The van der Waals surface area contributed by atoms with Crippen molar-refractivity contribution in [1.82, 2.24) is 0 Å². The third-order valence-corrected chi connectivity index (χ3v) is 5.16. The minimum atomic E-state index is -1.04. The van der Waals surface area contributed by atoms with Crippen molar-refractivity contribution in [2.45, 2.75) is 30.0 Å². The van der Waals surface area contributed by atoms with Gasteiger partial charge < -0.3 is 15.2 Å². The smallest absolute Gasteiger partial charge is 0.161 e. The molecule has 1 heterocycles. The van der Waals surface area contributed by atoms with Crippen molar-refractivity contribution >= 4 is 40.9 Å². The number of benzene rings is 1. The van der Waals surface area contributed by atoms with Gasteiger partial charge in [0.2, 0.25) is 0 Å². The molecule has 0 unspecified atom stereocenters. The van der Waals surface area contributed by atoms with Crippen LogP contribution in [0.3, 0.4) is 0 Å². The summed E-state index contributed by atoms with van der Waals surface area (Å²) >= 11 is 13.6. The predicted molar refractivity (Wildman–Crippen MR) is 71.6 cm³/mol. The number of rotatable bonds is 2. The number of quaternary nitrogens is 1. The van der Waals surface area contributed by atoms with Crippen LogP contribution in [0, 0.1) is 0 Å². The van der Waals surface area contributed by atoms with Crippen molar-refractivity contribution in [3.8, 4) is 0 Å². The van der Waals surface area contributed by atoms with Gasteiger partial charge in [-0.1, -0.05) is 35.0 Å². The molecule has 1 aliphatic rings. The van der Waals surface area contributed by atoms with Crippen LogP contribution in [0.2, 0.25) is 10.0 Å². The first-order chi connectivity index (χ1) is 8.31. The fourth-order valence-corrected chi connectivity index (χ4v) is 4.24. The molecule has 0 aliphatic carbocycles. The molecule has 0 saturated carbocycles. The van der Waals surface area contributed by atoms with Gasteiger partial charge in [0.1, 0.15) is 12.0 Å². The molecule has 6 heteroatoms. The normalized spacial score (nSPS) is 26.2. The standard InChI is InChI=1S/C12H13Cl2NO2S/c1-12(2)9(11(16)17)15-10(18-12)7-4-3-6(13)5-8(7)14/h3-5,9-10,15H,1-2H3,(H,16,17)/t9-,10-/m0/s1. The lowest BCUT2D eigenvalue weighted by Crippen LogP contribution is -2.92. The Morgan fingerprint density at radius 2 is 2.11 bits per heavy atom. The summed E-state index contributed by atoms with van der Waals surface area (Å²) in [4.78, 5) is 11.1. The van der Waals surface area contributed by atoms with Crippen LogP contribution in [-0.4, -0.2) is 16.8 Å². The number of aliphatic carboxylic acids is 1. The second-order valence-electron chi connectivity index (χ2n) is 4.80. The number of hydrogen-bond donors (Lipinski definition) is 1. The lowest BCUT2D eigenvalue weighted by molar-refractivity contribution is -0.695. The number of carbonyl (C=O) groups excluding carboxylic acids is 1. The Hall–Kier alpha value is -0.420. The SMILES string of the molecule is CC1(C)S[C@@H](c2ccc(Cl)cc2Cl)[NH2+][C@H]1C(=O)[O-]. The van der Waals surface area contributed by atoms with Crippen LogP contribution in [0.25, 0.3) is 0 Å². The van der Waals surface area contributed by atoms with E-state index >= 15 is 0 Å². The number of thioether (sulfide) groups is 1. The maximum Gasteiger partial charge on any atom is 0.161 e. The number of carboxylic acids is 1. The highest BCUT2D eigenvalue weighted by molar-refractivity contribution is 8.00. The van der Waals surface area contributed by atoms with Crippen LogP contribution in [-0.2, 0) is 4.79 Å². The summed E-state index contributed by atoms with van der Waals surface area (Å²) in [5.41, 5.74) is 0.892. The highest BCUT2D eigenvalue weighted by Crippen LogP contribution is 2.42. The summed E-state index contributed by atoms with van der Waals surface area (Å²) in [5, 5.41) is 14.0. The number of nitrogens with two attached hydrogens (primary N) is 1. The molecule has 2 atom stereocenters. The number of hydrogen-bond acceptors (Lipinski definition) is 3. The Labute approximate surface area is 120 Å². The summed E-state index contributed by atoms with van der Waals surface area (Å²) in [6.07, 6.45) is 0. The predicted octanol–water partition coefficient (Wildman–Crippen LogP) is 1.20. The number of carbonyl (C=O) groups is 1. The van der Waals surface area contributed by atoms with Crippen LogP contribution < -0.4 is 10.4 Å². The molecule has 18 heavy (non-hydrogen) atoms. The molecule has 1 fully saturated rings. The van der Waals surface area contributed by atoms with E-state index in [9.17, 15) is 9.90 Å². The van der Waals surface area contributed by atoms with E-state index in [1.54, 1.807) is 29.2 Å². The molecule has 1 aliphatic heterocycles. The van der Waals surface area contributed by atoms with E-state index in [4.69, 9.17) is 23.2 Å². The van der Waals surface area contributed by atoms with Gasteiger partial charge in [0.25, 0.3) is 0 Å². The molecule has 1 aromatic rings. The molecule has 0 bridgehead atoms. The van der Waals surface area contributed by atoms with E-state index < -0.39 is 16.8 Å². The fourth-order valence-electron chi connectivity index (χ4n) is 2.11. The summed E-state index contributed by atoms with van der Waals surface area (Å²) in [6.45, 7) is 3.80. The molecule has 0 radical (unpaired) electrons. The van der Waals surface area contributed by atoms with Crippen LogP contribution in [0.4, 0.5) is 0 Å². The van der Waals surface area contributed by atoms with E-state index in [0.717, 1.165) is 5.56 Å². The van der Waals surface area contributed by atoms with E-state index in [0.29, 0.717) is 10.0 Å². The van der Waals surface area contributed by atoms with E-state index in [2.05, 4.69) is 0 Å². The Bertz CT molecular complexity index is 493. The van der Waals surface area contributed by atoms with E-state index in [1.807, 2.05) is 19.9 Å². The largest absolute Gasteiger partial charge is 0.544 e. The monoisotopic (exact) mass is 305 g/mol. The first kappa shape index (κ1) is 14.0. The Kier molecular flexibility index (Phi) is 3.83. The molecule has 0 amide bonds. The third-order valence-electron chi connectivity index (χ3n) is 3.07. The second-order valence-corrected chi connectivity index (χ2v) is 7.44. The quantitative estimate of drug-likeness (QED) is 0.893.